The van der Waals surface area contributed by atoms with Gasteiger partial charge in [0, 0.05) is 11.5 Å². The predicted molar refractivity (Wildman–Crippen MR) is 52.4 cm³/mol. The molecule has 0 aliphatic carbocycles. The van der Waals surface area contributed by atoms with Crippen molar-refractivity contribution in [3.8, 4) is 0 Å². The van der Waals surface area contributed by atoms with Gasteiger partial charge in [0.15, 0.2) is 0 Å². The zero-order valence-corrected chi connectivity index (χ0v) is 10.3. The third-order valence-electron chi connectivity index (χ3n) is 0.707. The summed E-state index contributed by atoms with van der Waals surface area (Å²) in [5.74, 6) is -0.625. The van der Waals surface area contributed by atoms with Crippen molar-refractivity contribution in [3.63, 3.8) is 0 Å². The van der Waals surface area contributed by atoms with Crippen molar-refractivity contribution in [3.05, 3.63) is 0 Å². The van der Waals surface area contributed by atoms with E-state index in [1.807, 2.05) is 0 Å². The van der Waals surface area contributed by atoms with Crippen LogP contribution in [0.15, 0.2) is 0 Å². The number of hydrogen-bond acceptors (Lipinski definition) is 6. The van der Waals surface area contributed by atoms with Crippen LogP contribution in [0, 0.1) is 0 Å². The lowest BCUT2D eigenvalue weighted by Gasteiger charge is -1.97. The Morgan fingerprint density at radius 2 is 0.857 bits per heavy atom. The molecule has 8 nitrogen and oxygen atoms in total. The average molecular weight is 254 g/mol. The molecule has 0 heterocycles. The third-order valence-corrected chi connectivity index (χ3v) is 2.12. The second kappa shape index (κ2) is 9.30. The van der Waals surface area contributed by atoms with E-state index in [2.05, 4.69) is 0 Å². The molecular formula is C4H18N2O6S2. The van der Waals surface area contributed by atoms with Crippen LogP contribution in [0.1, 0.15) is 13.8 Å². The fraction of sp³-hybridized carbons (Fsp3) is 1.00. The Morgan fingerprint density at radius 1 is 0.786 bits per heavy atom. The predicted octanol–water partition coefficient (Wildman–Crippen LogP) is -0.145. The van der Waals surface area contributed by atoms with Gasteiger partial charge in [0.05, 0.1) is 20.2 Å². The average Bonchev–Trinajstić information content (AvgIpc) is 1.86. The van der Waals surface area contributed by atoms with Gasteiger partial charge in [0.25, 0.3) is 0 Å². The third kappa shape index (κ3) is 41.1. The largest absolute Gasteiger partial charge is 0.748 e. The molecule has 0 atom stereocenters. The van der Waals surface area contributed by atoms with E-state index in [0.29, 0.717) is 0 Å². The first kappa shape index (κ1) is 23.5. The Balaban J connectivity index is -0.0000000625. The van der Waals surface area contributed by atoms with Crippen LogP contribution >= 0.6 is 0 Å². The first-order chi connectivity index (χ1) is 5.12. The fourth-order valence-electron chi connectivity index (χ4n) is 0. The lowest BCUT2D eigenvalue weighted by Crippen LogP contribution is -1.98. The molecule has 10 heteroatoms. The Morgan fingerprint density at radius 3 is 0.857 bits per heavy atom. The summed E-state index contributed by atoms with van der Waals surface area (Å²) >= 11 is 0. The van der Waals surface area contributed by atoms with Gasteiger partial charge in [-0.2, -0.15) is 0 Å². The highest BCUT2D eigenvalue weighted by atomic mass is 32.2. The van der Waals surface area contributed by atoms with E-state index in [1.54, 1.807) is 0 Å². The van der Waals surface area contributed by atoms with E-state index < -0.39 is 20.2 Å². The zero-order valence-electron chi connectivity index (χ0n) is 8.68. The molecule has 0 unspecified atom stereocenters. The molecule has 0 aliphatic rings. The second-order valence-corrected chi connectivity index (χ2v) is 5.08. The summed E-state index contributed by atoms with van der Waals surface area (Å²) in [5, 5.41) is 0. The molecule has 0 rings (SSSR count). The molecular weight excluding hydrogens is 236 g/mol. The normalized spacial score (nSPS) is 10.0. The van der Waals surface area contributed by atoms with Gasteiger partial charge >= 0.3 is 0 Å². The topological polar surface area (TPSA) is 187 Å². The molecule has 8 N–H and O–H groups in total. The molecule has 0 amide bonds. The van der Waals surface area contributed by atoms with Crippen LogP contribution in [0.3, 0.4) is 0 Å². The van der Waals surface area contributed by atoms with Gasteiger partial charge in [0.2, 0.25) is 0 Å². The zero-order chi connectivity index (χ0) is 10.4. The Labute approximate surface area is 84.4 Å². The number of hydrogen-bond donors (Lipinski definition) is 2. The van der Waals surface area contributed by atoms with Gasteiger partial charge in [0.1, 0.15) is 0 Å². The van der Waals surface area contributed by atoms with Crippen molar-refractivity contribution in [1.82, 2.24) is 12.3 Å². The summed E-state index contributed by atoms with van der Waals surface area (Å²) in [5.41, 5.74) is 0. The van der Waals surface area contributed by atoms with Crippen LogP contribution in [0.25, 0.3) is 0 Å². The van der Waals surface area contributed by atoms with E-state index in [1.165, 1.54) is 13.8 Å². The van der Waals surface area contributed by atoms with Crippen molar-refractivity contribution in [2.75, 3.05) is 11.5 Å². The molecule has 0 aromatic heterocycles. The molecule has 0 aromatic rings. The molecule has 0 saturated heterocycles. The van der Waals surface area contributed by atoms with Crippen LogP contribution in [0.2, 0.25) is 0 Å². The molecule has 0 aliphatic heterocycles. The molecule has 0 radical (unpaired) electrons. The standard InChI is InChI=1S/2C2H6O3S.2H3N/c2*1-2-6(3,4)5;;/h2*2H2,1H3,(H,3,4,5);2*1H3. The summed E-state index contributed by atoms with van der Waals surface area (Å²) in [6.07, 6.45) is 0. The first-order valence-corrected chi connectivity index (χ1v) is 6.15. The van der Waals surface area contributed by atoms with Crippen molar-refractivity contribution >= 4 is 20.2 Å². The lowest BCUT2D eigenvalue weighted by molar-refractivity contribution is 0.462. The molecule has 0 bridgehead atoms. The van der Waals surface area contributed by atoms with Crippen LogP contribution < -0.4 is 12.3 Å². The minimum atomic E-state index is -3.91. The second-order valence-electron chi connectivity index (χ2n) is 1.69. The van der Waals surface area contributed by atoms with Gasteiger partial charge in [-0.1, -0.05) is 13.8 Å². The highest BCUT2D eigenvalue weighted by Gasteiger charge is 1.80. The number of rotatable bonds is 2. The maximum absolute atomic E-state index is 9.44. The Bertz CT molecular complexity index is 262. The van der Waals surface area contributed by atoms with E-state index >= 15 is 0 Å². The SMILES string of the molecule is CCS(=O)(=O)[O-].CCS(=O)(=O)[O-].[NH4+].[NH4+]. The smallest absolute Gasteiger partial charge is 0.0943 e. The fourth-order valence-corrected chi connectivity index (χ4v) is 0. The minimum Gasteiger partial charge on any atom is -0.748 e. The molecule has 92 valence electrons. The summed E-state index contributed by atoms with van der Waals surface area (Å²) in [4.78, 5) is 0. The van der Waals surface area contributed by atoms with Crippen LogP contribution in [0.4, 0.5) is 0 Å². The van der Waals surface area contributed by atoms with Crippen molar-refractivity contribution in [2.45, 2.75) is 13.8 Å². The Hall–Kier alpha value is -0.260. The van der Waals surface area contributed by atoms with Crippen molar-refractivity contribution in [2.24, 2.45) is 0 Å². The van der Waals surface area contributed by atoms with Gasteiger partial charge in [-0.3, -0.25) is 0 Å². The van der Waals surface area contributed by atoms with Crippen LogP contribution in [0.5, 0.6) is 0 Å². The summed E-state index contributed by atoms with van der Waals surface area (Å²) < 4.78 is 56.7. The van der Waals surface area contributed by atoms with E-state index in [9.17, 15) is 25.9 Å². The Kier molecular flexibility index (Phi) is 15.6. The molecule has 0 fully saturated rings. The van der Waals surface area contributed by atoms with E-state index in [0.717, 1.165) is 0 Å². The van der Waals surface area contributed by atoms with Crippen LogP contribution in [-0.2, 0) is 20.2 Å². The summed E-state index contributed by atoms with van der Waals surface area (Å²) in [7, 11) is -7.82. The maximum atomic E-state index is 9.44. The van der Waals surface area contributed by atoms with Crippen molar-refractivity contribution < 1.29 is 25.9 Å². The van der Waals surface area contributed by atoms with E-state index in [-0.39, 0.29) is 23.8 Å². The van der Waals surface area contributed by atoms with Crippen molar-refractivity contribution in [1.29, 1.82) is 0 Å². The van der Waals surface area contributed by atoms with Gasteiger partial charge in [-0.05, 0) is 0 Å². The maximum Gasteiger partial charge on any atom is 0.0943 e. The monoisotopic (exact) mass is 254 g/mol. The molecule has 0 saturated carbocycles. The number of quaternary nitrogens is 2. The molecule has 14 heavy (non-hydrogen) atoms. The van der Waals surface area contributed by atoms with E-state index in [4.69, 9.17) is 0 Å². The lowest BCUT2D eigenvalue weighted by atomic mass is 11.0. The highest BCUT2D eigenvalue weighted by Crippen LogP contribution is 1.74. The molecule has 0 aromatic carbocycles. The van der Waals surface area contributed by atoms with Gasteiger partial charge in [-0.25, -0.2) is 16.8 Å². The first-order valence-electron chi connectivity index (χ1n) is 2.99. The quantitative estimate of drug-likeness (QED) is 0.644. The minimum absolute atomic E-state index is 0. The van der Waals surface area contributed by atoms with Gasteiger partial charge in [-0.15, -0.1) is 0 Å². The highest BCUT2D eigenvalue weighted by molar-refractivity contribution is 7.85. The van der Waals surface area contributed by atoms with Crippen LogP contribution in [-0.4, -0.2) is 37.4 Å². The molecule has 0 spiro atoms. The van der Waals surface area contributed by atoms with Gasteiger partial charge < -0.3 is 21.4 Å². The summed E-state index contributed by atoms with van der Waals surface area (Å²) in [6, 6.07) is 0. The summed E-state index contributed by atoms with van der Waals surface area (Å²) in [6.45, 7) is 2.62.